The molecule has 0 saturated heterocycles. The molecule has 2 aromatic carbocycles. The molecule has 0 aliphatic rings. The second-order valence-electron chi connectivity index (χ2n) is 5.38. The van der Waals surface area contributed by atoms with Crippen molar-refractivity contribution < 1.29 is 18.3 Å². The molecular weight excluding hydrogens is 314 g/mol. The average molecular weight is 333 g/mol. The number of hydrogen-bond donors (Lipinski definition) is 1. The van der Waals surface area contributed by atoms with Crippen LogP contribution in [0.5, 0.6) is 0 Å². The molecule has 0 bridgehead atoms. The zero-order valence-corrected chi connectivity index (χ0v) is 13.8. The molecule has 0 amide bonds. The molecule has 0 spiro atoms. The lowest BCUT2D eigenvalue weighted by atomic mass is 10.0. The van der Waals surface area contributed by atoms with Gasteiger partial charge in [-0.2, -0.15) is 4.31 Å². The number of hydrogen-bond acceptors (Lipinski definition) is 3. The van der Waals surface area contributed by atoms with Crippen LogP contribution in [0, 0.1) is 6.92 Å². The molecule has 5 nitrogen and oxygen atoms in total. The Hall–Kier alpha value is -2.18. The molecule has 0 aliphatic heterocycles. The van der Waals surface area contributed by atoms with Gasteiger partial charge in [0, 0.05) is 7.05 Å². The summed E-state index contributed by atoms with van der Waals surface area (Å²) in [6.45, 7) is 1.93. The summed E-state index contributed by atoms with van der Waals surface area (Å²) in [5.74, 6) is -1.17. The zero-order chi connectivity index (χ0) is 17.0. The molecule has 122 valence electrons. The molecule has 0 unspecified atom stereocenters. The summed E-state index contributed by atoms with van der Waals surface area (Å²) in [4.78, 5) is 11.7. The molecule has 0 radical (unpaired) electrons. The van der Waals surface area contributed by atoms with E-state index in [1.54, 1.807) is 18.2 Å². The number of rotatable bonds is 6. The third-order valence-electron chi connectivity index (χ3n) is 3.69. The van der Waals surface area contributed by atoms with E-state index in [1.165, 1.54) is 19.2 Å². The van der Waals surface area contributed by atoms with Crippen LogP contribution in [-0.4, -0.2) is 36.9 Å². The predicted molar refractivity (Wildman–Crippen MR) is 87.7 cm³/mol. The predicted octanol–water partition coefficient (Wildman–Crippen LogP) is 2.31. The Labute approximate surface area is 136 Å². The molecule has 0 aliphatic carbocycles. The maximum absolute atomic E-state index is 12.6. The van der Waals surface area contributed by atoms with Gasteiger partial charge in [-0.3, -0.25) is 4.79 Å². The van der Waals surface area contributed by atoms with Crippen LogP contribution in [0.15, 0.2) is 59.5 Å². The van der Waals surface area contributed by atoms with Crippen molar-refractivity contribution in [3.05, 3.63) is 65.7 Å². The van der Waals surface area contributed by atoms with E-state index in [1.807, 2.05) is 31.2 Å². The Morgan fingerprint density at radius 1 is 1.09 bits per heavy atom. The minimum absolute atomic E-state index is 0.0812. The first kappa shape index (κ1) is 17.2. The van der Waals surface area contributed by atoms with Crippen LogP contribution in [0.4, 0.5) is 0 Å². The Kier molecular flexibility index (Phi) is 5.18. The highest BCUT2D eigenvalue weighted by Crippen LogP contribution is 2.19. The van der Waals surface area contributed by atoms with Gasteiger partial charge in [-0.05, 0) is 31.0 Å². The summed E-state index contributed by atoms with van der Waals surface area (Å²) < 4.78 is 26.1. The lowest BCUT2D eigenvalue weighted by molar-refractivity contribution is -0.141. The van der Waals surface area contributed by atoms with Gasteiger partial charge in [0.1, 0.15) is 6.04 Å². The van der Waals surface area contributed by atoms with Gasteiger partial charge in [-0.25, -0.2) is 8.42 Å². The summed E-state index contributed by atoms with van der Waals surface area (Å²) >= 11 is 0. The highest BCUT2D eigenvalue weighted by Gasteiger charge is 2.32. The van der Waals surface area contributed by atoms with Gasteiger partial charge in [0.15, 0.2) is 0 Å². The van der Waals surface area contributed by atoms with Gasteiger partial charge in [0.05, 0.1) is 4.90 Å². The van der Waals surface area contributed by atoms with E-state index >= 15 is 0 Å². The van der Waals surface area contributed by atoms with E-state index < -0.39 is 22.0 Å². The van der Waals surface area contributed by atoms with Crippen LogP contribution in [0.1, 0.15) is 11.1 Å². The quantitative estimate of drug-likeness (QED) is 0.880. The van der Waals surface area contributed by atoms with Crippen LogP contribution in [-0.2, 0) is 21.2 Å². The summed E-state index contributed by atoms with van der Waals surface area (Å²) in [7, 11) is -2.56. The van der Waals surface area contributed by atoms with E-state index in [2.05, 4.69) is 0 Å². The SMILES string of the molecule is Cc1ccc(C[C@H](C(=O)O)N(C)S(=O)(=O)c2ccccc2)cc1. The number of aliphatic carboxylic acids is 1. The molecule has 2 rings (SSSR count). The zero-order valence-electron chi connectivity index (χ0n) is 13.0. The molecular formula is C17H19NO4S. The lowest BCUT2D eigenvalue weighted by Gasteiger charge is -2.24. The van der Waals surface area contributed by atoms with E-state index in [4.69, 9.17) is 0 Å². The number of carboxylic acids is 1. The van der Waals surface area contributed by atoms with Gasteiger partial charge in [-0.1, -0.05) is 48.0 Å². The second kappa shape index (κ2) is 6.93. The van der Waals surface area contributed by atoms with Crippen molar-refractivity contribution in [3.8, 4) is 0 Å². The summed E-state index contributed by atoms with van der Waals surface area (Å²) in [6, 6.07) is 14.0. The van der Waals surface area contributed by atoms with E-state index in [9.17, 15) is 18.3 Å². The fourth-order valence-electron chi connectivity index (χ4n) is 2.25. The van der Waals surface area contributed by atoms with Crippen LogP contribution >= 0.6 is 0 Å². The first-order valence-electron chi connectivity index (χ1n) is 7.14. The van der Waals surface area contributed by atoms with Crippen molar-refractivity contribution in [2.75, 3.05) is 7.05 Å². The van der Waals surface area contributed by atoms with Gasteiger partial charge < -0.3 is 5.11 Å². The molecule has 23 heavy (non-hydrogen) atoms. The van der Waals surface area contributed by atoms with Gasteiger partial charge in [-0.15, -0.1) is 0 Å². The number of likely N-dealkylation sites (N-methyl/N-ethyl adjacent to an activating group) is 1. The van der Waals surface area contributed by atoms with Crippen LogP contribution < -0.4 is 0 Å². The molecule has 0 heterocycles. The normalized spacial score (nSPS) is 13.0. The average Bonchev–Trinajstić information content (AvgIpc) is 2.54. The van der Waals surface area contributed by atoms with Crippen molar-refractivity contribution in [2.24, 2.45) is 0 Å². The maximum Gasteiger partial charge on any atom is 0.322 e. The summed E-state index contributed by atoms with van der Waals surface area (Å²) in [5, 5.41) is 9.46. The third-order valence-corrected chi connectivity index (χ3v) is 5.57. The third kappa shape index (κ3) is 3.97. The molecule has 0 saturated carbocycles. The first-order valence-corrected chi connectivity index (χ1v) is 8.58. The first-order chi connectivity index (χ1) is 10.8. The minimum atomic E-state index is -3.86. The summed E-state index contributed by atoms with van der Waals surface area (Å²) in [6.07, 6.45) is 0.109. The highest BCUT2D eigenvalue weighted by atomic mass is 32.2. The fraction of sp³-hybridized carbons (Fsp3) is 0.235. The number of aryl methyl sites for hydroxylation is 1. The maximum atomic E-state index is 12.6. The number of carboxylic acid groups (broad SMARTS) is 1. The molecule has 2 aromatic rings. The van der Waals surface area contributed by atoms with Crippen molar-refractivity contribution in [1.82, 2.24) is 4.31 Å². The number of sulfonamides is 1. The smallest absolute Gasteiger partial charge is 0.322 e. The Balaban J connectivity index is 2.30. The van der Waals surface area contributed by atoms with Crippen molar-refractivity contribution in [3.63, 3.8) is 0 Å². The second-order valence-corrected chi connectivity index (χ2v) is 7.38. The molecule has 0 fully saturated rings. The fourth-order valence-corrected chi connectivity index (χ4v) is 3.58. The van der Waals surface area contributed by atoms with Crippen LogP contribution in [0.3, 0.4) is 0 Å². The monoisotopic (exact) mass is 333 g/mol. The van der Waals surface area contributed by atoms with Gasteiger partial charge >= 0.3 is 5.97 Å². The van der Waals surface area contributed by atoms with E-state index in [-0.39, 0.29) is 11.3 Å². The standard InChI is InChI=1S/C17H19NO4S/c1-13-8-10-14(11-9-13)12-16(17(19)20)18(2)23(21,22)15-6-4-3-5-7-15/h3-11,16H,12H2,1-2H3,(H,19,20)/t16-/m1/s1. The van der Waals surface area contributed by atoms with Gasteiger partial charge in [0.2, 0.25) is 10.0 Å². The molecule has 0 aromatic heterocycles. The van der Waals surface area contributed by atoms with E-state index in [0.29, 0.717) is 0 Å². The Morgan fingerprint density at radius 3 is 2.17 bits per heavy atom. The highest BCUT2D eigenvalue weighted by molar-refractivity contribution is 7.89. The number of carbonyl (C=O) groups is 1. The topological polar surface area (TPSA) is 74.7 Å². The van der Waals surface area contributed by atoms with Crippen LogP contribution in [0.25, 0.3) is 0 Å². The van der Waals surface area contributed by atoms with E-state index in [0.717, 1.165) is 15.4 Å². The van der Waals surface area contributed by atoms with Crippen molar-refractivity contribution >= 4 is 16.0 Å². The van der Waals surface area contributed by atoms with Gasteiger partial charge in [0.25, 0.3) is 0 Å². The molecule has 6 heteroatoms. The number of benzene rings is 2. The Bertz CT molecular complexity index is 770. The van der Waals surface area contributed by atoms with Crippen LogP contribution in [0.2, 0.25) is 0 Å². The molecule has 1 N–H and O–H groups in total. The minimum Gasteiger partial charge on any atom is -0.480 e. The lowest BCUT2D eigenvalue weighted by Crippen LogP contribution is -2.43. The van der Waals surface area contributed by atoms with Crippen molar-refractivity contribution in [1.29, 1.82) is 0 Å². The van der Waals surface area contributed by atoms with Crippen molar-refractivity contribution in [2.45, 2.75) is 24.3 Å². The molecule has 1 atom stereocenters. The Morgan fingerprint density at radius 2 is 1.65 bits per heavy atom. The largest absolute Gasteiger partial charge is 0.480 e. The summed E-state index contributed by atoms with van der Waals surface area (Å²) in [5.41, 5.74) is 1.84. The number of nitrogens with zero attached hydrogens (tertiary/aromatic N) is 1.